The van der Waals surface area contributed by atoms with Crippen molar-refractivity contribution in [3.8, 4) is 11.5 Å². The predicted molar refractivity (Wildman–Crippen MR) is 67.7 cm³/mol. The van der Waals surface area contributed by atoms with Gasteiger partial charge in [-0.25, -0.2) is 0 Å². The maximum Gasteiger partial charge on any atom is 0.163 e. The van der Waals surface area contributed by atoms with E-state index in [0.29, 0.717) is 11.3 Å². The highest BCUT2D eigenvalue weighted by Gasteiger charge is 2.09. The molecule has 0 heterocycles. The first-order valence-corrected chi connectivity index (χ1v) is 5.51. The number of ketones is 1. The van der Waals surface area contributed by atoms with Gasteiger partial charge in [0.1, 0.15) is 11.5 Å². The van der Waals surface area contributed by atoms with Gasteiger partial charge in [-0.1, -0.05) is 24.3 Å². The van der Waals surface area contributed by atoms with Gasteiger partial charge in [-0.3, -0.25) is 4.79 Å². The normalized spacial score (nSPS) is 10.0. The SMILES string of the molecule is CC(=O)c1ccc(C)cc1Oc1ccccc1. The summed E-state index contributed by atoms with van der Waals surface area (Å²) < 4.78 is 5.73. The summed E-state index contributed by atoms with van der Waals surface area (Å²) in [6.07, 6.45) is 0. The highest BCUT2D eigenvalue weighted by atomic mass is 16.5. The molecule has 0 aliphatic heterocycles. The number of hydrogen-bond donors (Lipinski definition) is 0. The number of carbonyl (C=O) groups excluding carboxylic acids is 1. The molecule has 0 unspecified atom stereocenters. The molecule has 0 saturated carbocycles. The van der Waals surface area contributed by atoms with Crippen molar-refractivity contribution in [2.45, 2.75) is 13.8 Å². The molecule has 2 heteroatoms. The van der Waals surface area contributed by atoms with Crippen LogP contribution in [0.5, 0.6) is 11.5 Å². The van der Waals surface area contributed by atoms with Crippen LogP contribution in [0, 0.1) is 6.92 Å². The van der Waals surface area contributed by atoms with Gasteiger partial charge in [0.2, 0.25) is 0 Å². The fourth-order valence-corrected chi connectivity index (χ4v) is 1.62. The molecule has 0 aromatic heterocycles. The van der Waals surface area contributed by atoms with E-state index < -0.39 is 0 Å². The molecular formula is C15H14O2. The Balaban J connectivity index is 2.37. The zero-order chi connectivity index (χ0) is 12.3. The van der Waals surface area contributed by atoms with Crippen LogP contribution in [-0.2, 0) is 0 Å². The molecule has 2 nitrogen and oxygen atoms in total. The standard InChI is InChI=1S/C15H14O2/c1-11-8-9-14(12(2)16)15(10-11)17-13-6-4-3-5-7-13/h3-10H,1-2H3. The molecule has 0 N–H and O–H groups in total. The Morgan fingerprint density at radius 2 is 1.76 bits per heavy atom. The first-order valence-electron chi connectivity index (χ1n) is 5.51. The van der Waals surface area contributed by atoms with Crippen molar-refractivity contribution >= 4 is 5.78 Å². The highest BCUT2D eigenvalue weighted by Crippen LogP contribution is 2.26. The molecule has 2 aromatic carbocycles. The minimum atomic E-state index is 0.0101. The van der Waals surface area contributed by atoms with Crippen LogP contribution in [0.1, 0.15) is 22.8 Å². The smallest absolute Gasteiger partial charge is 0.163 e. The van der Waals surface area contributed by atoms with Crippen molar-refractivity contribution < 1.29 is 9.53 Å². The third-order valence-corrected chi connectivity index (χ3v) is 2.49. The number of ether oxygens (including phenoxy) is 1. The summed E-state index contributed by atoms with van der Waals surface area (Å²) >= 11 is 0. The van der Waals surface area contributed by atoms with Crippen molar-refractivity contribution in [1.29, 1.82) is 0 Å². The van der Waals surface area contributed by atoms with Crippen LogP contribution in [-0.4, -0.2) is 5.78 Å². The van der Waals surface area contributed by atoms with Crippen LogP contribution in [0.3, 0.4) is 0 Å². The van der Waals surface area contributed by atoms with Gasteiger partial charge in [0.25, 0.3) is 0 Å². The Morgan fingerprint density at radius 1 is 1.06 bits per heavy atom. The van der Waals surface area contributed by atoms with Crippen LogP contribution < -0.4 is 4.74 Å². The lowest BCUT2D eigenvalue weighted by Crippen LogP contribution is -1.97. The van der Waals surface area contributed by atoms with E-state index in [4.69, 9.17) is 4.74 Å². The van der Waals surface area contributed by atoms with Gasteiger partial charge in [0, 0.05) is 0 Å². The third kappa shape index (κ3) is 2.72. The van der Waals surface area contributed by atoms with Crippen LogP contribution in [0.25, 0.3) is 0 Å². The average molecular weight is 226 g/mol. The van der Waals surface area contributed by atoms with Crippen LogP contribution in [0.4, 0.5) is 0 Å². The molecule has 0 bridgehead atoms. The van der Waals surface area contributed by atoms with Gasteiger partial charge in [0.15, 0.2) is 5.78 Å². The van der Waals surface area contributed by atoms with Gasteiger partial charge in [-0.2, -0.15) is 0 Å². The van der Waals surface area contributed by atoms with Crippen molar-refractivity contribution in [3.63, 3.8) is 0 Å². The molecule has 0 aliphatic rings. The maximum absolute atomic E-state index is 11.5. The van der Waals surface area contributed by atoms with Gasteiger partial charge >= 0.3 is 0 Å². The number of aryl methyl sites for hydroxylation is 1. The molecule has 0 atom stereocenters. The minimum Gasteiger partial charge on any atom is -0.457 e. The molecule has 86 valence electrons. The van der Waals surface area contributed by atoms with Crippen molar-refractivity contribution in [3.05, 3.63) is 59.7 Å². The number of Topliss-reactive ketones (excluding diaryl/α,β-unsaturated/α-hetero) is 1. The summed E-state index contributed by atoms with van der Waals surface area (Å²) in [4.78, 5) is 11.5. The zero-order valence-electron chi connectivity index (χ0n) is 9.94. The summed E-state index contributed by atoms with van der Waals surface area (Å²) in [6.45, 7) is 3.52. The van der Waals surface area contributed by atoms with E-state index in [9.17, 15) is 4.79 Å². The summed E-state index contributed by atoms with van der Waals surface area (Å²) in [6, 6.07) is 15.1. The molecule has 0 saturated heterocycles. The fourth-order valence-electron chi connectivity index (χ4n) is 1.62. The minimum absolute atomic E-state index is 0.0101. The lowest BCUT2D eigenvalue weighted by atomic mass is 10.1. The molecule has 17 heavy (non-hydrogen) atoms. The van der Waals surface area contributed by atoms with Crippen molar-refractivity contribution in [2.75, 3.05) is 0 Å². The number of para-hydroxylation sites is 1. The molecule has 2 rings (SSSR count). The van der Waals surface area contributed by atoms with E-state index in [1.807, 2.05) is 49.4 Å². The quantitative estimate of drug-likeness (QED) is 0.740. The Kier molecular flexibility index (Phi) is 3.24. The van der Waals surface area contributed by atoms with Gasteiger partial charge in [0.05, 0.1) is 5.56 Å². The Bertz CT molecular complexity index is 530. The van der Waals surface area contributed by atoms with Gasteiger partial charge < -0.3 is 4.74 Å². The number of hydrogen-bond acceptors (Lipinski definition) is 2. The summed E-state index contributed by atoms with van der Waals surface area (Å²) in [5.41, 5.74) is 1.68. The molecular weight excluding hydrogens is 212 g/mol. The second-order valence-corrected chi connectivity index (χ2v) is 3.97. The number of rotatable bonds is 3. The van der Waals surface area contributed by atoms with E-state index in [1.54, 1.807) is 13.0 Å². The lowest BCUT2D eigenvalue weighted by molar-refractivity contribution is 0.101. The summed E-state index contributed by atoms with van der Waals surface area (Å²) in [5.74, 6) is 1.36. The first kappa shape index (κ1) is 11.4. The van der Waals surface area contributed by atoms with Crippen molar-refractivity contribution in [2.24, 2.45) is 0 Å². The van der Waals surface area contributed by atoms with Crippen LogP contribution in [0.2, 0.25) is 0 Å². The van der Waals surface area contributed by atoms with Crippen LogP contribution >= 0.6 is 0 Å². The van der Waals surface area contributed by atoms with E-state index >= 15 is 0 Å². The van der Waals surface area contributed by atoms with Gasteiger partial charge in [-0.05, 0) is 43.7 Å². The Hall–Kier alpha value is -2.09. The highest BCUT2D eigenvalue weighted by molar-refractivity contribution is 5.97. The number of benzene rings is 2. The van der Waals surface area contributed by atoms with Crippen molar-refractivity contribution in [1.82, 2.24) is 0 Å². The average Bonchev–Trinajstić information content (AvgIpc) is 2.30. The topological polar surface area (TPSA) is 26.3 Å². The molecule has 2 aromatic rings. The van der Waals surface area contributed by atoms with E-state index in [1.165, 1.54) is 0 Å². The van der Waals surface area contributed by atoms with E-state index in [-0.39, 0.29) is 5.78 Å². The summed E-state index contributed by atoms with van der Waals surface area (Å²) in [5, 5.41) is 0. The predicted octanol–water partition coefficient (Wildman–Crippen LogP) is 3.99. The monoisotopic (exact) mass is 226 g/mol. The van der Waals surface area contributed by atoms with Crippen LogP contribution in [0.15, 0.2) is 48.5 Å². The molecule has 0 amide bonds. The Labute approximate surface area is 101 Å². The summed E-state index contributed by atoms with van der Waals surface area (Å²) in [7, 11) is 0. The molecule has 0 radical (unpaired) electrons. The maximum atomic E-state index is 11.5. The third-order valence-electron chi connectivity index (χ3n) is 2.49. The van der Waals surface area contributed by atoms with E-state index in [2.05, 4.69) is 0 Å². The zero-order valence-corrected chi connectivity index (χ0v) is 9.94. The molecule has 0 fully saturated rings. The molecule has 0 aliphatic carbocycles. The van der Waals surface area contributed by atoms with E-state index in [0.717, 1.165) is 11.3 Å². The lowest BCUT2D eigenvalue weighted by Gasteiger charge is -2.10. The second kappa shape index (κ2) is 4.83. The second-order valence-electron chi connectivity index (χ2n) is 3.97. The first-order chi connectivity index (χ1) is 8.16. The molecule has 0 spiro atoms. The van der Waals surface area contributed by atoms with Gasteiger partial charge in [-0.15, -0.1) is 0 Å². The largest absolute Gasteiger partial charge is 0.457 e. The number of carbonyl (C=O) groups is 1. The fraction of sp³-hybridized carbons (Fsp3) is 0.133. The Morgan fingerprint density at radius 3 is 2.41 bits per heavy atom.